The van der Waals surface area contributed by atoms with E-state index in [1.54, 1.807) is 6.92 Å². The number of hydrogen-bond acceptors (Lipinski definition) is 3. The number of Topliss-reactive ketones (excluding diaryl/α,β-unsaturated/α-hetero) is 1. The van der Waals surface area contributed by atoms with Gasteiger partial charge >= 0.3 is 0 Å². The van der Waals surface area contributed by atoms with Crippen LogP contribution in [0.4, 0.5) is 0 Å². The van der Waals surface area contributed by atoms with Gasteiger partial charge in [-0.2, -0.15) is 0 Å². The number of ketones is 1. The minimum absolute atomic E-state index is 0.0751. The lowest BCUT2D eigenvalue weighted by Gasteiger charge is -1.96. The lowest BCUT2D eigenvalue weighted by molar-refractivity contribution is -0.120. The first-order chi connectivity index (χ1) is 4.70. The smallest absolute Gasteiger partial charge is 0.170 e. The van der Waals surface area contributed by atoms with E-state index in [1.165, 1.54) is 7.11 Å². The van der Waals surface area contributed by atoms with Crippen LogP contribution in [-0.4, -0.2) is 35.2 Å². The van der Waals surface area contributed by atoms with Gasteiger partial charge in [0, 0.05) is 23.7 Å². The zero-order chi connectivity index (χ0) is 7.98. The highest BCUT2D eigenvalue weighted by Gasteiger charge is 2.04. The number of methoxy groups -OCH3 is 1. The van der Waals surface area contributed by atoms with Crippen LogP contribution in [0.25, 0.3) is 0 Å². The molecule has 0 rings (SSSR count). The van der Waals surface area contributed by atoms with Gasteiger partial charge in [-0.1, -0.05) is 6.92 Å². The molecule has 0 aromatic carbocycles. The lowest BCUT2D eigenvalue weighted by atomic mass is 10.5. The molecule has 0 fully saturated rings. The zero-order valence-electron chi connectivity index (χ0n) is 6.25. The molecule has 10 heavy (non-hydrogen) atoms. The first-order valence-corrected chi connectivity index (χ1v) is 4.55. The molecule has 0 aromatic rings. The van der Waals surface area contributed by atoms with Gasteiger partial charge in [-0.3, -0.25) is 9.00 Å². The van der Waals surface area contributed by atoms with Gasteiger partial charge in [-0.15, -0.1) is 0 Å². The maximum absolute atomic E-state index is 10.7. The van der Waals surface area contributed by atoms with Crippen LogP contribution in [0.2, 0.25) is 0 Å². The standard InChI is InChI=1S/C6H12O3S/c1-3-10(8)5-6(7)4-9-2/h3-5H2,1-2H3. The first-order valence-electron chi connectivity index (χ1n) is 3.06. The second-order valence-electron chi connectivity index (χ2n) is 1.84. The number of rotatable bonds is 5. The molecule has 0 radical (unpaired) electrons. The van der Waals surface area contributed by atoms with Gasteiger partial charge < -0.3 is 4.74 Å². The van der Waals surface area contributed by atoms with Gasteiger partial charge in [0.2, 0.25) is 0 Å². The number of carbonyl (C=O) groups excluding carboxylic acids is 1. The molecule has 0 aliphatic carbocycles. The average Bonchev–Trinajstić information content (AvgIpc) is 1.88. The van der Waals surface area contributed by atoms with Crippen molar-refractivity contribution in [2.75, 3.05) is 25.2 Å². The predicted molar refractivity (Wildman–Crippen MR) is 40.4 cm³/mol. The molecule has 1 atom stereocenters. The zero-order valence-corrected chi connectivity index (χ0v) is 7.07. The molecule has 1 unspecified atom stereocenters. The van der Waals surface area contributed by atoms with Crippen LogP contribution in [0.1, 0.15) is 6.92 Å². The van der Waals surface area contributed by atoms with Gasteiger partial charge in [-0.05, 0) is 0 Å². The maximum atomic E-state index is 10.7. The quantitative estimate of drug-likeness (QED) is 0.573. The van der Waals surface area contributed by atoms with Gasteiger partial charge in [0.1, 0.15) is 6.61 Å². The molecule has 0 saturated heterocycles. The van der Waals surface area contributed by atoms with Crippen molar-refractivity contribution in [3.05, 3.63) is 0 Å². The highest BCUT2D eigenvalue weighted by Crippen LogP contribution is 1.83. The van der Waals surface area contributed by atoms with Crippen LogP contribution in [0.5, 0.6) is 0 Å². The van der Waals surface area contributed by atoms with Crippen LogP contribution in [0.3, 0.4) is 0 Å². The Morgan fingerprint density at radius 3 is 2.60 bits per heavy atom. The molecule has 60 valence electrons. The van der Waals surface area contributed by atoms with Crippen molar-refractivity contribution in [3.63, 3.8) is 0 Å². The summed E-state index contributed by atoms with van der Waals surface area (Å²) in [6.07, 6.45) is 0. The largest absolute Gasteiger partial charge is 0.377 e. The molecule has 0 N–H and O–H groups in total. The van der Waals surface area contributed by atoms with Crippen LogP contribution in [0.15, 0.2) is 0 Å². The summed E-state index contributed by atoms with van der Waals surface area (Å²) >= 11 is 0. The minimum atomic E-state index is -0.988. The second-order valence-corrected chi connectivity index (χ2v) is 3.59. The maximum Gasteiger partial charge on any atom is 0.170 e. The topological polar surface area (TPSA) is 43.4 Å². The van der Waals surface area contributed by atoms with Gasteiger partial charge in [0.15, 0.2) is 5.78 Å². The molecular formula is C6H12O3S. The Bertz CT molecular complexity index is 133. The summed E-state index contributed by atoms with van der Waals surface area (Å²) in [6, 6.07) is 0. The highest BCUT2D eigenvalue weighted by molar-refractivity contribution is 7.85. The minimum Gasteiger partial charge on any atom is -0.377 e. The third-order valence-corrected chi connectivity index (χ3v) is 2.24. The number of carbonyl (C=O) groups is 1. The van der Waals surface area contributed by atoms with E-state index in [9.17, 15) is 9.00 Å². The molecule has 0 aliphatic heterocycles. The van der Waals surface area contributed by atoms with E-state index in [4.69, 9.17) is 0 Å². The molecular weight excluding hydrogens is 152 g/mol. The predicted octanol–water partition coefficient (Wildman–Crippen LogP) is -0.0295. The summed E-state index contributed by atoms with van der Waals surface area (Å²) in [4.78, 5) is 10.7. The molecule has 0 aromatic heterocycles. The normalized spacial score (nSPS) is 13.0. The number of hydrogen-bond donors (Lipinski definition) is 0. The van der Waals surface area contributed by atoms with Crippen molar-refractivity contribution in [2.24, 2.45) is 0 Å². The Kier molecular flexibility index (Phi) is 5.43. The molecule has 0 aliphatic rings. The van der Waals surface area contributed by atoms with Crippen LogP contribution >= 0.6 is 0 Å². The fourth-order valence-corrected chi connectivity index (χ4v) is 1.13. The fourth-order valence-electron chi connectivity index (χ4n) is 0.484. The molecule has 0 bridgehead atoms. The van der Waals surface area contributed by atoms with E-state index in [1.807, 2.05) is 0 Å². The summed E-state index contributed by atoms with van der Waals surface area (Å²) in [5.74, 6) is 0.572. The van der Waals surface area contributed by atoms with Gasteiger partial charge in [0.05, 0.1) is 5.75 Å². The molecule has 3 nitrogen and oxygen atoms in total. The summed E-state index contributed by atoms with van der Waals surface area (Å²) in [7, 11) is 0.463. The Morgan fingerprint density at radius 2 is 2.20 bits per heavy atom. The fraction of sp³-hybridized carbons (Fsp3) is 0.833. The molecule has 0 spiro atoms. The second kappa shape index (κ2) is 5.56. The van der Waals surface area contributed by atoms with Crippen molar-refractivity contribution in [2.45, 2.75) is 6.92 Å². The monoisotopic (exact) mass is 164 g/mol. The van der Waals surface area contributed by atoms with E-state index < -0.39 is 10.8 Å². The Labute approximate surface area is 63.2 Å². The van der Waals surface area contributed by atoms with Gasteiger partial charge in [0.25, 0.3) is 0 Å². The highest BCUT2D eigenvalue weighted by atomic mass is 32.2. The van der Waals surface area contributed by atoms with E-state index in [2.05, 4.69) is 4.74 Å². The van der Waals surface area contributed by atoms with Crippen LogP contribution in [-0.2, 0) is 20.3 Å². The Balaban J connectivity index is 3.47. The van der Waals surface area contributed by atoms with Crippen LogP contribution in [0, 0.1) is 0 Å². The third-order valence-electron chi connectivity index (χ3n) is 0.949. The molecule has 0 heterocycles. The van der Waals surface area contributed by atoms with Crippen molar-refractivity contribution in [3.8, 4) is 0 Å². The average molecular weight is 164 g/mol. The Hall–Kier alpha value is -0.220. The lowest BCUT2D eigenvalue weighted by Crippen LogP contribution is -2.16. The molecule has 4 heteroatoms. The summed E-state index contributed by atoms with van der Waals surface area (Å²) in [5, 5.41) is 0. The SMILES string of the molecule is CCS(=O)CC(=O)COC. The van der Waals surface area contributed by atoms with Crippen LogP contribution < -0.4 is 0 Å². The Morgan fingerprint density at radius 1 is 1.60 bits per heavy atom. The molecule has 0 amide bonds. The summed E-state index contributed by atoms with van der Waals surface area (Å²) < 4.78 is 15.3. The van der Waals surface area contributed by atoms with Crippen molar-refractivity contribution >= 4 is 16.6 Å². The van der Waals surface area contributed by atoms with E-state index in [0.29, 0.717) is 5.75 Å². The van der Waals surface area contributed by atoms with Crippen molar-refractivity contribution < 1.29 is 13.7 Å². The van der Waals surface area contributed by atoms with E-state index in [-0.39, 0.29) is 18.1 Å². The number of ether oxygens (including phenoxy) is 1. The van der Waals surface area contributed by atoms with E-state index >= 15 is 0 Å². The van der Waals surface area contributed by atoms with Gasteiger partial charge in [-0.25, -0.2) is 0 Å². The first kappa shape index (κ1) is 9.78. The molecule has 0 saturated carbocycles. The van der Waals surface area contributed by atoms with Crippen molar-refractivity contribution in [1.29, 1.82) is 0 Å². The summed E-state index contributed by atoms with van der Waals surface area (Å²) in [5.41, 5.74) is 0. The summed E-state index contributed by atoms with van der Waals surface area (Å²) in [6.45, 7) is 1.86. The van der Waals surface area contributed by atoms with Crippen molar-refractivity contribution in [1.82, 2.24) is 0 Å². The van der Waals surface area contributed by atoms with E-state index in [0.717, 1.165) is 0 Å². The third kappa shape index (κ3) is 4.64.